The highest BCUT2D eigenvalue weighted by atomic mass is 35.5. The molecule has 10 heteroatoms. The van der Waals surface area contributed by atoms with Crippen LogP contribution in [0.3, 0.4) is 0 Å². The zero-order valence-electron chi connectivity index (χ0n) is 21.0. The Balaban J connectivity index is 1.92. The highest BCUT2D eigenvalue weighted by Crippen LogP contribution is 2.44. The zero-order valence-corrected chi connectivity index (χ0v) is 22.5. The van der Waals surface area contributed by atoms with Gasteiger partial charge in [-0.25, -0.2) is 4.79 Å². The summed E-state index contributed by atoms with van der Waals surface area (Å²) in [5.74, 6) is -2.49. The summed E-state index contributed by atoms with van der Waals surface area (Å²) in [5, 5.41) is 11.6. The fraction of sp³-hybridized carbons (Fsp3) is 0.179. The summed E-state index contributed by atoms with van der Waals surface area (Å²) in [6.45, 7) is 0. The van der Waals surface area contributed by atoms with Crippen molar-refractivity contribution in [1.29, 1.82) is 0 Å². The second-order valence-corrected chi connectivity index (χ2v) is 9.48. The first-order chi connectivity index (χ1) is 18.1. The van der Waals surface area contributed by atoms with Crippen LogP contribution in [-0.4, -0.2) is 51.1 Å². The number of methoxy groups -OCH3 is 2. The van der Waals surface area contributed by atoms with Crippen LogP contribution in [0.5, 0.6) is 5.75 Å². The molecule has 1 unspecified atom stereocenters. The summed E-state index contributed by atoms with van der Waals surface area (Å²) in [5.41, 5.74) is 2.13. The number of rotatable bonds is 6. The average molecular weight is 555 g/mol. The van der Waals surface area contributed by atoms with Crippen LogP contribution in [0.2, 0.25) is 10.0 Å². The van der Waals surface area contributed by atoms with E-state index < -0.39 is 29.5 Å². The van der Waals surface area contributed by atoms with E-state index in [1.807, 2.05) is 31.1 Å². The molecule has 0 aliphatic carbocycles. The lowest BCUT2D eigenvalue weighted by Gasteiger charge is -2.26. The molecule has 1 fully saturated rings. The van der Waals surface area contributed by atoms with Gasteiger partial charge in [-0.3, -0.25) is 14.5 Å². The van der Waals surface area contributed by atoms with Crippen LogP contribution in [0.25, 0.3) is 5.76 Å². The van der Waals surface area contributed by atoms with Crippen LogP contribution >= 0.6 is 23.2 Å². The van der Waals surface area contributed by atoms with Gasteiger partial charge in [0, 0.05) is 31.0 Å². The number of amides is 1. The van der Waals surface area contributed by atoms with Crippen molar-refractivity contribution in [2.24, 2.45) is 0 Å². The third-order valence-corrected chi connectivity index (χ3v) is 6.77. The number of benzene rings is 3. The van der Waals surface area contributed by atoms with E-state index in [0.717, 1.165) is 5.69 Å². The minimum atomic E-state index is -0.977. The van der Waals surface area contributed by atoms with Crippen LogP contribution in [0, 0.1) is 0 Å². The van der Waals surface area contributed by atoms with Gasteiger partial charge in [-0.2, -0.15) is 0 Å². The number of esters is 1. The Hall–Kier alpha value is -4.01. The van der Waals surface area contributed by atoms with Gasteiger partial charge in [0.15, 0.2) is 5.75 Å². The van der Waals surface area contributed by atoms with E-state index in [0.29, 0.717) is 11.3 Å². The molecule has 196 valence electrons. The van der Waals surface area contributed by atoms with E-state index in [4.69, 9.17) is 32.7 Å². The quantitative estimate of drug-likeness (QED) is 0.186. The van der Waals surface area contributed by atoms with Crippen LogP contribution in [-0.2, 0) is 14.3 Å². The number of carbonyl (C=O) groups is 3. The molecule has 1 amide bonds. The molecule has 1 atom stereocenters. The smallest absolute Gasteiger partial charge is 0.337 e. The second kappa shape index (κ2) is 10.8. The Bertz CT molecular complexity index is 1430. The lowest BCUT2D eigenvalue weighted by Crippen LogP contribution is -2.29. The minimum Gasteiger partial charge on any atom is -0.507 e. The molecule has 0 saturated carbocycles. The van der Waals surface area contributed by atoms with Gasteiger partial charge in [-0.1, -0.05) is 35.3 Å². The van der Waals surface area contributed by atoms with Crippen molar-refractivity contribution in [2.45, 2.75) is 6.04 Å². The molecule has 3 aromatic rings. The van der Waals surface area contributed by atoms with Gasteiger partial charge in [-0.05, 0) is 54.1 Å². The van der Waals surface area contributed by atoms with Crippen LogP contribution < -0.4 is 14.5 Å². The molecular formula is C28H24Cl2N2O6. The predicted molar refractivity (Wildman–Crippen MR) is 146 cm³/mol. The fourth-order valence-electron chi connectivity index (χ4n) is 4.29. The number of aliphatic hydroxyl groups is 1. The van der Waals surface area contributed by atoms with E-state index in [-0.39, 0.29) is 32.5 Å². The number of ketones is 1. The summed E-state index contributed by atoms with van der Waals surface area (Å²) < 4.78 is 9.92. The molecular weight excluding hydrogens is 531 g/mol. The number of carbonyl (C=O) groups excluding carboxylic acids is 3. The van der Waals surface area contributed by atoms with Crippen molar-refractivity contribution >= 4 is 58.0 Å². The number of nitrogens with zero attached hydrogens (tertiary/aromatic N) is 2. The summed E-state index contributed by atoms with van der Waals surface area (Å²) in [6.07, 6.45) is 0. The molecule has 0 bridgehead atoms. The lowest BCUT2D eigenvalue weighted by molar-refractivity contribution is -0.132. The average Bonchev–Trinajstić information content (AvgIpc) is 3.17. The first-order valence-electron chi connectivity index (χ1n) is 11.4. The number of halogens is 2. The van der Waals surface area contributed by atoms with Crippen molar-refractivity contribution in [3.63, 3.8) is 0 Å². The molecule has 38 heavy (non-hydrogen) atoms. The molecule has 0 radical (unpaired) electrons. The first kappa shape index (κ1) is 27.0. The fourth-order valence-corrected chi connectivity index (χ4v) is 4.93. The second-order valence-electron chi connectivity index (χ2n) is 8.67. The molecule has 3 aromatic carbocycles. The molecule has 8 nitrogen and oxygen atoms in total. The number of Topliss-reactive ketones (excluding diaryl/α,β-unsaturated/α-hetero) is 1. The van der Waals surface area contributed by atoms with E-state index >= 15 is 0 Å². The van der Waals surface area contributed by atoms with E-state index in [9.17, 15) is 19.5 Å². The Morgan fingerprint density at radius 2 is 1.50 bits per heavy atom. The number of anilines is 2. The monoisotopic (exact) mass is 554 g/mol. The largest absolute Gasteiger partial charge is 0.507 e. The van der Waals surface area contributed by atoms with Crippen molar-refractivity contribution in [3.05, 3.63) is 93.0 Å². The number of hydrogen-bond donors (Lipinski definition) is 1. The Kier molecular flexibility index (Phi) is 7.66. The SMILES string of the molecule is COC(=O)c1ccc(N2C(=O)C(=O)/C(=C(/O)c3cc(Cl)c(OC)c(Cl)c3)C2c2ccc(N(C)C)cc2)cc1. The highest BCUT2D eigenvalue weighted by molar-refractivity contribution is 6.51. The van der Waals surface area contributed by atoms with Gasteiger partial charge < -0.3 is 19.5 Å². The van der Waals surface area contributed by atoms with Gasteiger partial charge in [0.25, 0.3) is 11.7 Å². The summed E-state index contributed by atoms with van der Waals surface area (Å²) in [4.78, 5) is 41.9. The van der Waals surface area contributed by atoms with Crippen molar-refractivity contribution in [1.82, 2.24) is 0 Å². The Labute approximate surface area is 229 Å². The standard InChI is InChI=1S/C28H24Cl2N2O6/c1-31(2)18-9-5-15(6-10-18)23-22(24(33)17-13-20(29)26(37-3)21(30)14-17)25(34)27(35)32(23)19-11-7-16(8-12-19)28(36)38-4/h5-14,23,33H,1-4H3/b24-22+. The maximum absolute atomic E-state index is 13.4. The van der Waals surface area contributed by atoms with Crippen LogP contribution in [0.15, 0.2) is 66.2 Å². The predicted octanol–water partition coefficient (Wildman–Crippen LogP) is 5.48. The van der Waals surface area contributed by atoms with Gasteiger partial charge >= 0.3 is 5.97 Å². The van der Waals surface area contributed by atoms with Crippen LogP contribution in [0.4, 0.5) is 11.4 Å². The van der Waals surface area contributed by atoms with Crippen LogP contribution in [0.1, 0.15) is 27.5 Å². The molecule has 0 aromatic heterocycles. The third kappa shape index (κ3) is 4.80. The molecule has 1 N–H and O–H groups in total. The maximum Gasteiger partial charge on any atom is 0.337 e. The number of hydrogen-bond acceptors (Lipinski definition) is 7. The lowest BCUT2D eigenvalue weighted by atomic mass is 9.94. The zero-order chi connectivity index (χ0) is 27.7. The van der Waals surface area contributed by atoms with Gasteiger partial charge in [0.2, 0.25) is 0 Å². The number of ether oxygens (including phenoxy) is 2. The topological polar surface area (TPSA) is 96.4 Å². The molecule has 4 rings (SSSR count). The van der Waals surface area contributed by atoms with Crippen molar-refractivity contribution in [3.8, 4) is 5.75 Å². The summed E-state index contributed by atoms with van der Waals surface area (Å²) in [7, 11) is 6.45. The first-order valence-corrected chi connectivity index (χ1v) is 12.1. The number of aliphatic hydroxyl groups excluding tert-OH is 1. The normalized spacial score (nSPS) is 16.5. The van der Waals surface area contributed by atoms with E-state index in [2.05, 4.69) is 0 Å². The molecule has 1 aliphatic heterocycles. The van der Waals surface area contributed by atoms with Crippen molar-refractivity contribution < 1.29 is 29.0 Å². The Morgan fingerprint density at radius 1 is 0.921 bits per heavy atom. The minimum absolute atomic E-state index is 0.126. The van der Waals surface area contributed by atoms with E-state index in [1.54, 1.807) is 24.3 Å². The van der Waals surface area contributed by atoms with E-state index in [1.165, 1.54) is 43.4 Å². The van der Waals surface area contributed by atoms with Crippen molar-refractivity contribution in [2.75, 3.05) is 38.1 Å². The van der Waals surface area contributed by atoms with Gasteiger partial charge in [0.1, 0.15) is 5.76 Å². The maximum atomic E-state index is 13.4. The summed E-state index contributed by atoms with van der Waals surface area (Å²) >= 11 is 12.6. The van der Waals surface area contributed by atoms with Gasteiger partial charge in [-0.15, -0.1) is 0 Å². The molecule has 0 spiro atoms. The molecule has 1 aliphatic rings. The third-order valence-electron chi connectivity index (χ3n) is 6.21. The molecule has 1 saturated heterocycles. The molecule has 1 heterocycles. The van der Waals surface area contributed by atoms with Gasteiger partial charge in [0.05, 0.1) is 41.4 Å². The summed E-state index contributed by atoms with van der Waals surface area (Å²) in [6, 6.07) is 15.2. The Morgan fingerprint density at radius 3 is 2.00 bits per heavy atom. The highest BCUT2D eigenvalue weighted by Gasteiger charge is 2.47.